The molecular weight excluding hydrogens is 192 g/mol. The van der Waals surface area contributed by atoms with Crippen molar-refractivity contribution in [1.29, 1.82) is 0 Å². The predicted octanol–water partition coefficient (Wildman–Crippen LogP) is 2.38. The third-order valence-electron chi connectivity index (χ3n) is 2.23. The fourth-order valence-electron chi connectivity index (χ4n) is 1.42. The van der Waals surface area contributed by atoms with Crippen molar-refractivity contribution < 1.29 is 14.3 Å². The van der Waals surface area contributed by atoms with E-state index in [0.717, 1.165) is 5.39 Å². The molecule has 1 aromatic carbocycles. The second-order valence-corrected chi connectivity index (χ2v) is 3.44. The van der Waals surface area contributed by atoms with Crippen LogP contribution in [0.25, 0.3) is 11.0 Å². The van der Waals surface area contributed by atoms with E-state index in [0.29, 0.717) is 16.9 Å². The van der Waals surface area contributed by atoms with Crippen LogP contribution >= 0.6 is 0 Å². The van der Waals surface area contributed by atoms with E-state index in [2.05, 4.69) is 0 Å². The summed E-state index contributed by atoms with van der Waals surface area (Å²) in [7, 11) is 0. The number of aliphatic hydroxyl groups excluding tert-OH is 1. The molecule has 0 saturated heterocycles. The van der Waals surface area contributed by atoms with Gasteiger partial charge in [0.2, 0.25) is 0 Å². The quantitative estimate of drug-likeness (QED) is 0.760. The van der Waals surface area contributed by atoms with Gasteiger partial charge in [-0.25, -0.2) is 0 Å². The monoisotopic (exact) mass is 202 g/mol. The van der Waals surface area contributed by atoms with Crippen LogP contribution in [0.5, 0.6) is 0 Å². The Morgan fingerprint density at radius 2 is 2.20 bits per heavy atom. The number of Topliss-reactive ketones (excluding diaryl/α,β-unsaturated/α-hetero) is 1. The van der Waals surface area contributed by atoms with Gasteiger partial charge in [-0.15, -0.1) is 0 Å². The predicted molar refractivity (Wildman–Crippen MR) is 55.5 cm³/mol. The summed E-state index contributed by atoms with van der Waals surface area (Å²) >= 11 is 0. The zero-order chi connectivity index (χ0) is 11.0. The Hall–Kier alpha value is -1.61. The number of carbonyl (C=O) groups excluding carboxylic acids is 1. The number of benzene rings is 1. The van der Waals surface area contributed by atoms with Crippen LogP contribution in [0.2, 0.25) is 0 Å². The lowest BCUT2D eigenvalue weighted by molar-refractivity contribution is 0.104. The molecule has 3 nitrogen and oxygen atoms in total. The van der Waals surface area contributed by atoms with Crippen molar-refractivity contribution in [2.24, 2.45) is 0 Å². The van der Waals surface area contributed by atoms with Gasteiger partial charge in [0.15, 0.2) is 5.78 Å². The Morgan fingerprint density at radius 1 is 1.47 bits per heavy atom. The summed E-state index contributed by atoms with van der Waals surface area (Å²) in [6, 6.07) is 6.61. The lowest BCUT2D eigenvalue weighted by atomic mass is 10.1. The molecule has 1 unspecified atom stereocenters. The molecule has 76 valence electrons. The molecular formula is C12H10O3. The minimum atomic E-state index is -0.658. The number of rotatable bonds is 2. The lowest BCUT2D eigenvalue weighted by Crippen LogP contribution is -1.90. The molecule has 0 fully saturated rings. The fourth-order valence-corrected chi connectivity index (χ4v) is 1.42. The van der Waals surface area contributed by atoms with E-state index in [1.807, 2.05) is 0 Å². The van der Waals surface area contributed by atoms with E-state index < -0.39 is 11.9 Å². The molecule has 1 N–H and O–H groups in total. The summed E-state index contributed by atoms with van der Waals surface area (Å²) in [6.45, 7) is 6.77. The van der Waals surface area contributed by atoms with E-state index in [1.54, 1.807) is 31.2 Å². The molecule has 1 heterocycles. The minimum Gasteiger partial charge on any atom is -0.458 e. The van der Waals surface area contributed by atoms with Crippen molar-refractivity contribution in [2.75, 3.05) is 0 Å². The molecule has 15 heavy (non-hydrogen) atoms. The Bertz CT molecular complexity index is 509. The Kier molecular flexibility index (Phi) is 2.32. The second-order valence-electron chi connectivity index (χ2n) is 3.44. The third kappa shape index (κ3) is 1.78. The van der Waals surface area contributed by atoms with Crippen molar-refractivity contribution >= 4 is 16.8 Å². The van der Waals surface area contributed by atoms with Crippen LogP contribution in [0.1, 0.15) is 29.1 Å². The summed E-state index contributed by atoms with van der Waals surface area (Å²) in [6.07, 6.45) is -0.658. The maximum absolute atomic E-state index is 10.9. The number of aliphatic hydroxyl groups is 1. The standard InChI is InChI=1S/C12H10O3/c1-7(13)9-3-4-11-10(5-9)6-12(15-11)8(2)14/h1,3-6,8,14H,2H3. The van der Waals surface area contributed by atoms with Crippen molar-refractivity contribution in [3.8, 4) is 0 Å². The summed E-state index contributed by atoms with van der Waals surface area (Å²) in [5, 5.41) is 10.1. The van der Waals surface area contributed by atoms with Crippen LogP contribution in [0, 0.1) is 6.92 Å². The third-order valence-corrected chi connectivity index (χ3v) is 2.23. The number of hydrogen-bond acceptors (Lipinski definition) is 3. The highest BCUT2D eigenvalue weighted by Gasteiger charge is 2.09. The van der Waals surface area contributed by atoms with Crippen molar-refractivity contribution in [1.82, 2.24) is 0 Å². The highest BCUT2D eigenvalue weighted by atomic mass is 16.4. The highest BCUT2D eigenvalue weighted by molar-refractivity contribution is 6.01. The smallest absolute Gasteiger partial charge is 0.167 e. The maximum Gasteiger partial charge on any atom is 0.167 e. The van der Waals surface area contributed by atoms with Gasteiger partial charge in [-0.05, 0) is 31.2 Å². The molecule has 0 aliphatic rings. The SMILES string of the molecule is [CH]C(=O)c1ccc2oc(C(C)O)cc2c1. The Morgan fingerprint density at radius 3 is 2.80 bits per heavy atom. The van der Waals surface area contributed by atoms with Crippen LogP contribution in [0.15, 0.2) is 28.7 Å². The molecule has 2 rings (SSSR count). The van der Waals surface area contributed by atoms with E-state index in [1.165, 1.54) is 0 Å². The molecule has 0 aliphatic heterocycles. The number of ketones is 1. The number of fused-ring (bicyclic) bond motifs is 1. The first-order valence-electron chi connectivity index (χ1n) is 4.59. The van der Waals surface area contributed by atoms with Crippen LogP contribution in [-0.4, -0.2) is 10.9 Å². The van der Waals surface area contributed by atoms with Gasteiger partial charge in [-0.1, -0.05) is 0 Å². The maximum atomic E-state index is 10.9. The molecule has 0 spiro atoms. The zero-order valence-electron chi connectivity index (χ0n) is 8.23. The Balaban J connectivity index is 2.57. The van der Waals surface area contributed by atoms with E-state index in [9.17, 15) is 9.90 Å². The molecule has 1 aromatic heterocycles. The molecule has 2 aromatic rings. The first-order chi connectivity index (χ1) is 7.08. The highest BCUT2D eigenvalue weighted by Crippen LogP contribution is 2.24. The summed E-state index contributed by atoms with van der Waals surface area (Å²) < 4.78 is 5.36. The molecule has 1 atom stereocenters. The number of carbonyl (C=O) groups is 1. The largest absolute Gasteiger partial charge is 0.458 e. The van der Waals surface area contributed by atoms with Gasteiger partial charge in [0.25, 0.3) is 0 Å². The van der Waals surface area contributed by atoms with Crippen molar-refractivity contribution in [3.63, 3.8) is 0 Å². The molecule has 3 heteroatoms. The zero-order valence-corrected chi connectivity index (χ0v) is 8.23. The summed E-state index contributed by atoms with van der Waals surface area (Å²) in [5.74, 6) is 0.00307. The van der Waals surface area contributed by atoms with Gasteiger partial charge in [0.05, 0.1) is 0 Å². The average Bonchev–Trinajstić information content (AvgIpc) is 2.59. The van der Waals surface area contributed by atoms with Crippen LogP contribution in [-0.2, 0) is 0 Å². The van der Waals surface area contributed by atoms with Gasteiger partial charge in [-0.3, -0.25) is 4.79 Å². The van der Waals surface area contributed by atoms with Gasteiger partial charge in [0.1, 0.15) is 17.4 Å². The van der Waals surface area contributed by atoms with Gasteiger partial charge in [-0.2, -0.15) is 0 Å². The summed E-state index contributed by atoms with van der Waals surface area (Å²) in [4.78, 5) is 10.9. The van der Waals surface area contributed by atoms with Gasteiger partial charge < -0.3 is 9.52 Å². The summed E-state index contributed by atoms with van der Waals surface area (Å²) in [5.41, 5.74) is 1.07. The molecule has 0 saturated carbocycles. The second kappa shape index (κ2) is 3.51. The van der Waals surface area contributed by atoms with Crippen LogP contribution in [0.3, 0.4) is 0 Å². The topological polar surface area (TPSA) is 50.4 Å². The van der Waals surface area contributed by atoms with Crippen LogP contribution < -0.4 is 0 Å². The number of furan rings is 1. The first kappa shape index (κ1) is 9.93. The molecule has 2 radical (unpaired) electrons. The van der Waals surface area contributed by atoms with Gasteiger partial charge in [0, 0.05) is 17.9 Å². The van der Waals surface area contributed by atoms with Crippen LogP contribution in [0.4, 0.5) is 0 Å². The average molecular weight is 202 g/mol. The molecule has 0 aliphatic carbocycles. The lowest BCUT2D eigenvalue weighted by Gasteiger charge is -1.95. The normalized spacial score (nSPS) is 13.0. The minimum absolute atomic E-state index is 0.431. The van der Waals surface area contributed by atoms with Gasteiger partial charge >= 0.3 is 0 Å². The van der Waals surface area contributed by atoms with E-state index in [4.69, 9.17) is 11.3 Å². The van der Waals surface area contributed by atoms with E-state index >= 15 is 0 Å². The Labute approximate surface area is 87.3 Å². The molecule has 0 bridgehead atoms. The fraction of sp³-hybridized carbons (Fsp3) is 0.167. The van der Waals surface area contributed by atoms with E-state index in [-0.39, 0.29) is 0 Å². The van der Waals surface area contributed by atoms with Crippen molar-refractivity contribution in [2.45, 2.75) is 13.0 Å². The number of hydrogen-bond donors (Lipinski definition) is 1. The molecule has 0 amide bonds. The first-order valence-corrected chi connectivity index (χ1v) is 4.59. The van der Waals surface area contributed by atoms with Crippen molar-refractivity contribution in [3.05, 3.63) is 42.5 Å².